The van der Waals surface area contributed by atoms with Crippen LogP contribution in [0.5, 0.6) is 11.5 Å². The molecular formula is C23H32FN3O4. The van der Waals surface area contributed by atoms with Gasteiger partial charge >= 0.3 is 0 Å². The fourth-order valence-corrected chi connectivity index (χ4v) is 2.66. The second-order valence-electron chi connectivity index (χ2n) is 6.95. The fourth-order valence-electron chi connectivity index (χ4n) is 2.66. The molecule has 0 heterocycles. The summed E-state index contributed by atoms with van der Waals surface area (Å²) in [5, 5.41) is 16.4. The molecule has 0 saturated carbocycles. The minimum Gasteiger partial charge on any atom is -0.491 e. The first-order valence-corrected chi connectivity index (χ1v) is 10.3. The molecule has 0 aromatic heterocycles. The van der Waals surface area contributed by atoms with Gasteiger partial charge in [-0.25, -0.2) is 9.38 Å². The Balaban J connectivity index is 1.90. The third-order valence-corrected chi connectivity index (χ3v) is 4.28. The SMILES string of the molecule is CCNC(=NCc1ccc(C)cc1OCCOC)NCC(O)COc1ccc(F)cc1. The Morgan fingerprint density at radius 3 is 2.58 bits per heavy atom. The molecule has 0 amide bonds. The molecule has 0 bridgehead atoms. The summed E-state index contributed by atoms with van der Waals surface area (Å²) in [6.45, 7) is 6.38. The predicted molar refractivity (Wildman–Crippen MR) is 119 cm³/mol. The number of benzene rings is 2. The van der Waals surface area contributed by atoms with Crippen LogP contribution < -0.4 is 20.1 Å². The van der Waals surface area contributed by atoms with Crippen LogP contribution in [0.4, 0.5) is 4.39 Å². The molecule has 7 nitrogen and oxygen atoms in total. The highest BCUT2D eigenvalue weighted by Gasteiger charge is 2.09. The molecule has 1 unspecified atom stereocenters. The Hall–Kier alpha value is -2.84. The van der Waals surface area contributed by atoms with Gasteiger partial charge in [0.2, 0.25) is 0 Å². The van der Waals surface area contributed by atoms with Crippen molar-refractivity contribution in [1.82, 2.24) is 10.6 Å². The summed E-state index contributed by atoms with van der Waals surface area (Å²) in [4.78, 5) is 4.59. The summed E-state index contributed by atoms with van der Waals surface area (Å²) in [5.74, 6) is 1.53. The van der Waals surface area contributed by atoms with Crippen molar-refractivity contribution in [3.05, 3.63) is 59.4 Å². The number of hydrogen-bond donors (Lipinski definition) is 3. The third kappa shape index (κ3) is 9.23. The number of halogens is 1. The Kier molecular flexibility index (Phi) is 10.6. The molecule has 1 atom stereocenters. The normalized spacial score (nSPS) is 12.4. The first kappa shape index (κ1) is 24.4. The van der Waals surface area contributed by atoms with Crippen LogP contribution in [-0.2, 0) is 11.3 Å². The van der Waals surface area contributed by atoms with Crippen LogP contribution in [0.1, 0.15) is 18.1 Å². The summed E-state index contributed by atoms with van der Waals surface area (Å²) in [6, 6.07) is 11.7. The molecule has 8 heteroatoms. The molecule has 0 saturated heterocycles. The van der Waals surface area contributed by atoms with Gasteiger partial charge in [0.05, 0.1) is 13.2 Å². The molecule has 3 N–H and O–H groups in total. The predicted octanol–water partition coefficient (Wildman–Crippen LogP) is 2.65. The summed E-state index contributed by atoms with van der Waals surface area (Å²) in [5.41, 5.74) is 2.06. The summed E-state index contributed by atoms with van der Waals surface area (Å²) < 4.78 is 29.3. The smallest absolute Gasteiger partial charge is 0.191 e. The highest BCUT2D eigenvalue weighted by Crippen LogP contribution is 2.21. The zero-order chi connectivity index (χ0) is 22.5. The average molecular weight is 434 g/mol. The molecule has 0 aliphatic rings. The van der Waals surface area contributed by atoms with Gasteiger partial charge in [0, 0.05) is 25.8 Å². The molecule has 170 valence electrons. The second-order valence-corrected chi connectivity index (χ2v) is 6.95. The molecule has 0 spiro atoms. The van der Waals surface area contributed by atoms with E-state index in [1.165, 1.54) is 24.3 Å². The van der Waals surface area contributed by atoms with Gasteiger partial charge in [0.15, 0.2) is 5.96 Å². The van der Waals surface area contributed by atoms with Crippen molar-refractivity contribution in [2.24, 2.45) is 4.99 Å². The van der Waals surface area contributed by atoms with Crippen LogP contribution in [0, 0.1) is 12.7 Å². The van der Waals surface area contributed by atoms with E-state index in [9.17, 15) is 9.50 Å². The first-order valence-electron chi connectivity index (χ1n) is 10.3. The Bertz CT molecular complexity index is 815. The number of nitrogens with zero attached hydrogens (tertiary/aromatic N) is 1. The number of aliphatic imine (C=N–C) groups is 1. The number of ether oxygens (including phenoxy) is 3. The van der Waals surface area contributed by atoms with Gasteiger partial charge in [0.25, 0.3) is 0 Å². The first-order chi connectivity index (χ1) is 15.0. The van der Waals surface area contributed by atoms with Crippen LogP contribution in [0.25, 0.3) is 0 Å². The van der Waals surface area contributed by atoms with Gasteiger partial charge in [-0.1, -0.05) is 12.1 Å². The van der Waals surface area contributed by atoms with E-state index in [0.29, 0.717) is 38.0 Å². The minimum atomic E-state index is -0.763. The average Bonchev–Trinajstić information content (AvgIpc) is 2.76. The maximum absolute atomic E-state index is 12.9. The van der Waals surface area contributed by atoms with Gasteiger partial charge in [-0.2, -0.15) is 0 Å². The van der Waals surface area contributed by atoms with Gasteiger partial charge in [-0.15, -0.1) is 0 Å². The minimum absolute atomic E-state index is 0.0769. The van der Waals surface area contributed by atoms with Crippen molar-refractivity contribution < 1.29 is 23.7 Å². The summed E-state index contributed by atoms with van der Waals surface area (Å²) in [7, 11) is 1.64. The standard InChI is InChI=1S/C23H32FN3O4/c1-4-25-23(27-15-20(28)16-31-21-9-7-19(24)8-10-21)26-14-18-6-5-17(2)13-22(18)30-12-11-29-3/h5-10,13,20,28H,4,11-12,14-16H2,1-3H3,(H2,25,26,27). The summed E-state index contributed by atoms with van der Waals surface area (Å²) >= 11 is 0. The van der Waals surface area contributed by atoms with Gasteiger partial charge < -0.3 is 30.0 Å². The molecule has 0 aliphatic carbocycles. The molecular weight excluding hydrogens is 401 g/mol. The lowest BCUT2D eigenvalue weighted by molar-refractivity contribution is 0.110. The molecule has 2 rings (SSSR count). The Morgan fingerprint density at radius 2 is 1.87 bits per heavy atom. The van der Waals surface area contributed by atoms with Crippen molar-refractivity contribution in [1.29, 1.82) is 0 Å². The number of rotatable bonds is 12. The second kappa shape index (κ2) is 13.5. The maximum atomic E-state index is 12.9. The summed E-state index contributed by atoms with van der Waals surface area (Å²) in [6.07, 6.45) is -0.763. The zero-order valence-corrected chi connectivity index (χ0v) is 18.4. The molecule has 0 radical (unpaired) electrons. The molecule has 2 aromatic carbocycles. The van der Waals surface area contributed by atoms with Crippen molar-refractivity contribution in [2.75, 3.05) is 40.0 Å². The molecule has 0 fully saturated rings. The number of guanidine groups is 1. The highest BCUT2D eigenvalue weighted by molar-refractivity contribution is 5.79. The zero-order valence-electron chi connectivity index (χ0n) is 18.4. The van der Waals surface area contributed by atoms with E-state index in [2.05, 4.69) is 15.6 Å². The maximum Gasteiger partial charge on any atom is 0.191 e. The van der Waals surface area contributed by atoms with E-state index in [0.717, 1.165) is 16.9 Å². The number of aryl methyl sites for hydroxylation is 1. The van der Waals surface area contributed by atoms with Gasteiger partial charge in [0.1, 0.15) is 36.6 Å². The number of methoxy groups -OCH3 is 1. The van der Waals surface area contributed by atoms with E-state index >= 15 is 0 Å². The van der Waals surface area contributed by atoms with Gasteiger partial charge in [-0.3, -0.25) is 0 Å². The van der Waals surface area contributed by atoms with Crippen molar-refractivity contribution >= 4 is 5.96 Å². The van der Waals surface area contributed by atoms with Crippen LogP contribution in [0.15, 0.2) is 47.5 Å². The van der Waals surface area contributed by atoms with E-state index in [1.807, 2.05) is 32.0 Å². The topological polar surface area (TPSA) is 84.3 Å². The Morgan fingerprint density at radius 1 is 1.10 bits per heavy atom. The lowest BCUT2D eigenvalue weighted by Crippen LogP contribution is -2.42. The number of aliphatic hydroxyl groups excluding tert-OH is 1. The third-order valence-electron chi connectivity index (χ3n) is 4.28. The van der Waals surface area contributed by atoms with Gasteiger partial charge in [-0.05, 0) is 49.7 Å². The fraction of sp³-hybridized carbons (Fsp3) is 0.435. The van der Waals surface area contributed by atoms with Crippen LogP contribution in [-0.4, -0.2) is 57.2 Å². The van der Waals surface area contributed by atoms with Crippen LogP contribution in [0.2, 0.25) is 0 Å². The largest absolute Gasteiger partial charge is 0.491 e. The number of hydrogen-bond acceptors (Lipinski definition) is 5. The lowest BCUT2D eigenvalue weighted by Gasteiger charge is -2.16. The van der Waals surface area contributed by atoms with E-state index in [-0.39, 0.29) is 19.0 Å². The van der Waals surface area contributed by atoms with E-state index in [4.69, 9.17) is 14.2 Å². The van der Waals surface area contributed by atoms with Crippen molar-refractivity contribution in [3.8, 4) is 11.5 Å². The van der Waals surface area contributed by atoms with E-state index < -0.39 is 6.10 Å². The molecule has 2 aromatic rings. The quantitative estimate of drug-likeness (QED) is 0.271. The van der Waals surface area contributed by atoms with Crippen LogP contribution >= 0.6 is 0 Å². The number of aliphatic hydroxyl groups is 1. The van der Waals surface area contributed by atoms with Crippen molar-refractivity contribution in [3.63, 3.8) is 0 Å². The molecule has 0 aliphatic heterocycles. The lowest BCUT2D eigenvalue weighted by atomic mass is 10.1. The highest BCUT2D eigenvalue weighted by atomic mass is 19.1. The Labute approximate surface area is 183 Å². The number of nitrogens with one attached hydrogen (secondary N) is 2. The monoisotopic (exact) mass is 433 g/mol. The van der Waals surface area contributed by atoms with E-state index in [1.54, 1.807) is 7.11 Å². The van der Waals surface area contributed by atoms with Crippen LogP contribution in [0.3, 0.4) is 0 Å². The van der Waals surface area contributed by atoms with Crippen molar-refractivity contribution in [2.45, 2.75) is 26.5 Å². The molecule has 31 heavy (non-hydrogen) atoms.